The van der Waals surface area contributed by atoms with Crippen molar-refractivity contribution in [3.05, 3.63) is 62.5 Å². The number of halogens is 2. The minimum Gasteiger partial charge on any atom is -0.502 e. The van der Waals surface area contributed by atoms with E-state index in [-0.39, 0.29) is 34.4 Å². The van der Waals surface area contributed by atoms with Crippen LogP contribution in [0.2, 0.25) is 0 Å². The smallest absolute Gasteiger partial charge is 0.277 e. The second-order valence-corrected chi connectivity index (χ2v) is 10.3. The minimum absolute atomic E-state index is 0.0491. The summed E-state index contributed by atoms with van der Waals surface area (Å²) in [7, 11) is 1.71. The van der Waals surface area contributed by atoms with E-state index in [0.717, 1.165) is 43.2 Å². The first-order valence-corrected chi connectivity index (χ1v) is 11.9. The average molecular weight is 486 g/mol. The van der Waals surface area contributed by atoms with Gasteiger partial charge in [0.05, 0.1) is 5.56 Å². The van der Waals surface area contributed by atoms with Crippen molar-refractivity contribution in [3.63, 3.8) is 0 Å². The first-order valence-electron chi connectivity index (χ1n) is 11.1. The van der Waals surface area contributed by atoms with Crippen molar-refractivity contribution in [2.75, 3.05) is 18.6 Å². The fraction of sp³-hybridized carbons (Fsp3) is 0.391. The maximum Gasteiger partial charge on any atom is 0.277 e. The number of amides is 1. The molecule has 0 radical (unpaired) electrons. The summed E-state index contributed by atoms with van der Waals surface area (Å²) >= 11 is 1.09. The number of rotatable bonds is 3. The van der Waals surface area contributed by atoms with E-state index >= 15 is 0 Å². The number of aromatic hydroxyl groups is 1. The molecule has 1 saturated carbocycles. The summed E-state index contributed by atoms with van der Waals surface area (Å²) in [4.78, 5) is 27.8. The average Bonchev–Trinajstić information content (AvgIpc) is 3.42. The lowest BCUT2D eigenvalue weighted by atomic mass is 9.94. The number of benzene rings is 1. The van der Waals surface area contributed by atoms with Gasteiger partial charge >= 0.3 is 0 Å². The topological polar surface area (TPSA) is 91.6 Å². The van der Waals surface area contributed by atoms with Crippen LogP contribution in [0.5, 0.6) is 5.75 Å². The summed E-state index contributed by atoms with van der Waals surface area (Å²) in [6, 6.07) is 3.32. The number of piperidine rings is 1. The predicted molar refractivity (Wildman–Crippen MR) is 120 cm³/mol. The molecule has 8 nitrogen and oxygen atoms in total. The Morgan fingerprint density at radius 1 is 1.21 bits per heavy atom. The van der Waals surface area contributed by atoms with Crippen LogP contribution in [-0.4, -0.2) is 50.5 Å². The van der Waals surface area contributed by atoms with Crippen LogP contribution in [0.3, 0.4) is 0 Å². The predicted octanol–water partition coefficient (Wildman–Crippen LogP) is 2.72. The number of aromatic nitrogens is 3. The number of hydrogen-bond acceptors (Lipinski definition) is 7. The lowest BCUT2D eigenvalue weighted by molar-refractivity contribution is 0.0494. The molecule has 2 aliphatic heterocycles. The van der Waals surface area contributed by atoms with Gasteiger partial charge in [-0.25, -0.2) is 8.78 Å². The molecule has 3 aliphatic rings. The molecule has 6 rings (SSSR count). The Labute approximate surface area is 197 Å². The van der Waals surface area contributed by atoms with E-state index in [0.29, 0.717) is 16.8 Å². The van der Waals surface area contributed by atoms with Crippen LogP contribution in [0.25, 0.3) is 10.6 Å². The summed E-state index contributed by atoms with van der Waals surface area (Å²) in [5.74, 6) is -1.52. The molecular weight excluding hydrogens is 464 g/mol. The molecule has 0 spiro atoms. The molecule has 1 amide bonds. The fourth-order valence-electron chi connectivity index (χ4n) is 5.59. The van der Waals surface area contributed by atoms with E-state index in [1.165, 1.54) is 12.1 Å². The highest BCUT2D eigenvalue weighted by Crippen LogP contribution is 2.43. The van der Waals surface area contributed by atoms with Crippen LogP contribution in [0.1, 0.15) is 40.3 Å². The normalized spacial score (nSPS) is 23.3. The van der Waals surface area contributed by atoms with Crippen molar-refractivity contribution in [3.8, 4) is 16.3 Å². The molecule has 1 aromatic carbocycles. The zero-order valence-corrected chi connectivity index (χ0v) is 19.1. The third kappa shape index (κ3) is 3.13. The number of carbonyl (C=O) groups excluding carboxylic acids is 1. The van der Waals surface area contributed by atoms with Crippen LogP contribution in [-0.2, 0) is 6.42 Å². The van der Waals surface area contributed by atoms with Gasteiger partial charge in [0.2, 0.25) is 5.43 Å². The van der Waals surface area contributed by atoms with E-state index < -0.39 is 28.7 Å². The molecule has 11 heteroatoms. The molecule has 3 aromatic rings. The van der Waals surface area contributed by atoms with Crippen LogP contribution in [0.15, 0.2) is 29.2 Å². The van der Waals surface area contributed by atoms with Crippen molar-refractivity contribution < 1.29 is 18.7 Å². The maximum absolute atomic E-state index is 14.1. The molecular formula is C23H21F2N5O3S. The Hall–Kier alpha value is -3.34. The van der Waals surface area contributed by atoms with Gasteiger partial charge in [0, 0.05) is 32.3 Å². The molecule has 176 valence electrons. The van der Waals surface area contributed by atoms with Crippen LogP contribution in [0.4, 0.5) is 8.78 Å². The lowest BCUT2D eigenvalue weighted by Gasteiger charge is -2.50. The summed E-state index contributed by atoms with van der Waals surface area (Å²) in [5.41, 5.74) is -0.373. The third-order valence-electron chi connectivity index (χ3n) is 7.17. The summed E-state index contributed by atoms with van der Waals surface area (Å²) < 4.78 is 28.9. The van der Waals surface area contributed by atoms with Gasteiger partial charge < -0.3 is 10.0 Å². The van der Waals surface area contributed by atoms with Gasteiger partial charge in [-0.05, 0) is 42.7 Å². The van der Waals surface area contributed by atoms with E-state index in [2.05, 4.69) is 15.2 Å². The Morgan fingerprint density at radius 3 is 2.82 bits per heavy atom. The SMILES string of the molecule is CN1C(=O)c2c(O)c(=O)c(-c3nnc(Cc4ccc(F)cc4F)s3)cn2N2C[C@@H]3CC[C@@H](C3)[C@@H]12. The Kier molecular flexibility index (Phi) is 4.73. The van der Waals surface area contributed by atoms with Gasteiger partial charge in [-0.15, -0.1) is 10.2 Å². The van der Waals surface area contributed by atoms with Crippen LogP contribution in [0, 0.1) is 23.5 Å². The highest BCUT2D eigenvalue weighted by atomic mass is 32.1. The molecule has 1 N–H and O–H groups in total. The molecule has 2 aromatic heterocycles. The second kappa shape index (κ2) is 7.59. The third-order valence-corrected chi connectivity index (χ3v) is 8.13. The molecule has 1 aliphatic carbocycles. The van der Waals surface area contributed by atoms with E-state index in [1.807, 2.05) is 0 Å². The number of pyridine rings is 1. The van der Waals surface area contributed by atoms with Gasteiger partial charge in [0.25, 0.3) is 5.91 Å². The Morgan fingerprint density at radius 2 is 2.03 bits per heavy atom. The highest BCUT2D eigenvalue weighted by molar-refractivity contribution is 7.14. The summed E-state index contributed by atoms with van der Waals surface area (Å²) in [6.07, 6.45) is 4.70. The molecule has 1 saturated heterocycles. The standard InChI is InChI=1S/C23H21F2N5O3S/c1-28-22-13-3-2-11(6-13)9-30(22)29-10-15(19(31)20(32)18(29)23(28)33)21-27-26-17(34-21)7-12-4-5-14(24)8-16(12)25/h4-5,8,10-11,13,22,32H,2-3,6-7,9H2,1H3/t11-,13+,22+/m1/s1. The molecule has 2 fully saturated rings. The Bertz CT molecular complexity index is 1390. The molecule has 0 unspecified atom stereocenters. The van der Waals surface area contributed by atoms with Crippen molar-refractivity contribution in [1.82, 2.24) is 19.8 Å². The molecule has 2 bridgehead atoms. The van der Waals surface area contributed by atoms with Gasteiger partial charge in [0.15, 0.2) is 16.5 Å². The largest absolute Gasteiger partial charge is 0.502 e. The highest BCUT2D eigenvalue weighted by Gasteiger charge is 2.48. The van der Waals surface area contributed by atoms with Gasteiger partial charge in [-0.2, -0.15) is 0 Å². The summed E-state index contributed by atoms with van der Waals surface area (Å²) in [5, 5.41) is 21.7. The quantitative estimate of drug-likeness (QED) is 0.614. The molecule has 34 heavy (non-hydrogen) atoms. The lowest BCUT2D eigenvalue weighted by Crippen LogP contribution is -2.64. The molecule has 4 heterocycles. The fourth-order valence-corrected chi connectivity index (χ4v) is 6.46. The zero-order valence-electron chi connectivity index (χ0n) is 18.2. The van der Waals surface area contributed by atoms with E-state index in [9.17, 15) is 23.5 Å². The van der Waals surface area contributed by atoms with E-state index in [1.54, 1.807) is 22.8 Å². The minimum atomic E-state index is -0.706. The van der Waals surface area contributed by atoms with Crippen LogP contribution < -0.4 is 10.4 Å². The zero-order chi connectivity index (χ0) is 23.7. The monoisotopic (exact) mass is 485 g/mol. The van der Waals surface area contributed by atoms with Crippen molar-refractivity contribution in [2.45, 2.75) is 31.8 Å². The van der Waals surface area contributed by atoms with Crippen molar-refractivity contribution in [2.24, 2.45) is 11.8 Å². The molecule has 3 atom stereocenters. The first-order chi connectivity index (χ1) is 16.3. The number of carbonyl (C=O) groups is 1. The Balaban J connectivity index is 1.41. The number of fused-ring (bicyclic) bond motifs is 6. The van der Waals surface area contributed by atoms with Crippen LogP contribution >= 0.6 is 11.3 Å². The number of hydrogen-bond donors (Lipinski definition) is 1. The van der Waals surface area contributed by atoms with Gasteiger partial charge in [-0.3, -0.25) is 19.3 Å². The van der Waals surface area contributed by atoms with Gasteiger partial charge in [-0.1, -0.05) is 17.4 Å². The van der Waals surface area contributed by atoms with Crippen molar-refractivity contribution >= 4 is 17.2 Å². The maximum atomic E-state index is 14.1. The van der Waals surface area contributed by atoms with Gasteiger partial charge in [0.1, 0.15) is 22.8 Å². The van der Waals surface area contributed by atoms with Crippen molar-refractivity contribution in [1.29, 1.82) is 0 Å². The first kappa shape index (κ1) is 21.2. The second-order valence-electron chi connectivity index (χ2n) is 9.22. The number of nitrogens with zero attached hydrogens (tertiary/aromatic N) is 5. The van der Waals surface area contributed by atoms with E-state index in [4.69, 9.17) is 0 Å². The summed E-state index contributed by atoms with van der Waals surface area (Å²) in [6.45, 7) is 0.721.